The van der Waals surface area contributed by atoms with Crippen LogP contribution in [0.1, 0.15) is 18.6 Å². The molecule has 3 aromatic rings. The summed E-state index contributed by atoms with van der Waals surface area (Å²) in [6.07, 6.45) is -1.33. The largest absolute Gasteiger partial charge is 0.386 e. The van der Waals surface area contributed by atoms with Crippen molar-refractivity contribution in [2.45, 2.75) is 24.8 Å². The third-order valence-electron chi connectivity index (χ3n) is 5.41. The van der Waals surface area contributed by atoms with Crippen LogP contribution in [0.25, 0.3) is 21.9 Å². The van der Waals surface area contributed by atoms with Gasteiger partial charge in [-0.15, -0.1) is 0 Å². The molecular weight excluding hydrogens is 420 g/mol. The molecule has 1 aliphatic rings. The van der Waals surface area contributed by atoms with Crippen LogP contribution in [-0.2, 0) is 10.1 Å². The van der Waals surface area contributed by atoms with Gasteiger partial charge in [0, 0.05) is 0 Å². The van der Waals surface area contributed by atoms with Crippen molar-refractivity contribution in [3.05, 3.63) is 66.2 Å². The van der Waals surface area contributed by atoms with E-state index in [9.17, 15) is 23.4 Å². The van der Waals surface area contributed by atoms with E-state index in [4.69, 9.17) is 4.18 Å². The molecule has 1 aliphatic heterocycles. The molecule has 0 aliphatic carbocycles. The van der Waals surface area contributed by atoms with Crippen LogP contribution in [0.3, 0.4) is 0 Å². The van der Waals surface area contributed by atoms with E-state index < -0.39 is 34.0 Å². The number of hydrogen-bond donors (Lipinski definition) is 4. The average molecular weight is 442 g/mol. The van der Waals surface area contributed by atoms with E-state index >= 15 is 0 Å². The molecule has 3 atom stereocenters. The molecular formula is C22H22N2O6S. The molecule has 4 rings (SSSR count). The number of aliphatic hydroxyl groups is 2. The summed E-state index contributed by atoms with van der Waals surface area (Å²) in [5.74, 6) is 0.255. The summed E-state index contributed by atoms with van der Waals surface area (Å²) < 4.78 is 27.5. The zero-order chi connectivity index (χ0) is 22.4. The van der Waals surface area contributed by atoms with E-state index in [1.807, 2.05) is 30.3 Å². The number of amides is 2. The molecule has 1 saturated heterocycles. The second-order valence-corrected chi connectivity index (χ2v) is 9.39. The summed E-state index contributed by atoms with van der Waals surface area (Å²) in [7, 11) is -3.59. The van der Waals surface area contributed by atoms with Gasteiger partial charge in [-0.05, 0) is 52.6 Å². The number of aliphatic hydroxyl groups excluding tert-OH is 2. The van der Waals surface area contributed by atoms with Crippen molar-refractivity contribution in [3.8, 4) is 16.9 Å². The van der Waals surface area contributed by atoms with Crippen molar-refractivity contribution < 1.29 is 27.6 Å². The molecule has 3 unspecified atom stereocenters. The Morgan fingerprint density at radius 3 is 2.23 bits per heavy atom. The van der Waals surface area contributed by atoms with Crippen LogP contribution in [0, 0.1) is 0 Å². The van der Waals surface area contributed by atoms with Gasteiger partial charge >= 0.3 is 16.1 Å². The first kappa shape index (κ1) is 21.1. The molecule has 2 amide bonds. The molecule has 0 radical (unpaired) electrons. The maximum Gasteiger partial charge on any atom is 0.317 e. The number of nitrogens with one attached hydrogen (secondary N) is 2. The van der Waals surface area contributed by atoms with Gasteiger partial charge in [-0.2, -0.15) is 8.42 Å². The van der Waals surface area contributed by atoms with Gasteiger partial charge in [0.05, 0.1) is 6.26 Å². The van der Waals surface area contributed by atoms with Crippen LogP contribution in [0.4, 0.5) is 4.79 Å². The third kappa shape index (κ3) is 4.20. The number of carbonyl (C=O) groups excluding carboxylic acids is 1. The first-order valence-electron chi connectivity index (χ1n) is 9.54. The Labute approximate surface area is 179 Å². The molecule has 0 aromatic heterocycles. The minimum absolute atomic E-state index is 0.255. The Bertz CT molecular complexity index is 1260. The lowest BCUT2D eigenvalue weighted by atomic mass is 9.88. The number of fused-ring (bicyclic) bond motifs is 1. The smallest absolute Gasteiger partial charge is 0.317 e. The number of carbonyl (C=O) groups is 1. The minimum Gasteiger partial charge on any atom is -0.386 e. The first-order chi connectivity index (χ1) is 14.5. The van der Waals surface area contributed by atoms with Gasteiger partial charge in [-0.25, -0.2) is 4.79 Å². The SMILES string of the molecule is CC1(C(O)c2ccc(-c3ccc4cc(OS(C)(=O)=O)ccc4c3)cc2)NC(=O)NC1O. The molecule has 1 heterocycles. The zero-order valence-electron chi connectivity index (χ0n) is 16.9. The van der Waals surface area contributed by atoms with Crippen molar-refractivity contribution in [2.75, 3.05) is 6.26 Å². The second kappa shape index (κ2) is 7.52. The number of benzene rings is 3. The van der Waals surface area contributed by atoms with Crippen LogP contribution >= 0.6 is 0 Å². The summed E-state index contributed by atoms with van der Waals surface area (Å²) in [6.45, 7) is 1.57. The summed E-state index contributed by atoms with van der Waals surface area (Å²) >= 11 is 0. The highest BCUT2D eigenvalue weighted by Gasteiger charge is 2.47. The van der Waals surface area contributed by atoms with Gasteiger partial charge in [0.1, 0.15) is 17.4 Å². The number of urea groups is 1. The van der Waals surface area contributed by atoms with Gasteiger partial charge in [-0.1, -0.05) is 42.5 Å². The summed E-state index contributed by atoms with van der Waals surface area (Å²) in [5, 5.41) is 27.4. The maximum absolute atomic E-state index is 11.5. The van der Waals surface area contributed by atoms with Gasteiger partial charge in [0.15, 0.2) is 6.23 Å². The Kier molecular flexibility index (Phi) is 5.12. The van der Waals surface area contributed by atoms with Gasteiger partial charge in [-0.3, -0.25) is 0 Å². The molecule has 9 heteroatoms. The highest BCUT2D eigenvalue weighted by Crippen LogP contribution is 2.33. The van der Waals surface area contributed by atoms with Crippen molar-refractivity contribution in [3.63, 3.8) is 0 Å². The van der Waals surface area contributed by atoms with E-state index in [2.05, 4.69) is 10.6 Å². The lowest BCUT2D eigenvalue weighted by Crippen LogP contribution is -2.51. The summed E-state index contributed by atoms with van der Waals surface area (Å²) in [4.78, 5) is 11.5. The Hall–Kier alpha value is -3.14. The Morgan fingerprint density at radius 1 is 1.00 bits per heavy atom. The summed E-state index contributed by atoms with van der Waals surface area (Å²) in [5.41, 5.74) is 1.16. The van der Waals surface area contributed by atoms with Crippen molar-refractivity contribution >= 4 is 26.9 Å². The van der Waals surface area contributed by atoms with Crippen LogP contribution in [-0.4, -0.2) is 42.7 Å². The van der Waals surface area contributed by atoms with Crippen molar-refractivity contribution in [2.24, 2.45) is 0 Å². The lowest BCUT2D eigenvalue weighted by molar-refractivity contribution is -0.00441. The molecule has 1 fully saturated rings. The van der Waals surface area contributed by atoms with E-state index in [1.54, 1.807) is 37.3 Å². The minimum atomic E-state index is -3.59. The van der Waals surface area contributed by atoms with Crippen LogP contribution in [0.2, 0.25) is 0 Å². The highest BCUT2D eigenvalue weighted by atomic mass is 32.2. The van der Waals surface area contributed by atoms with Gasteiger partial charge in [0.25, 0.3) is 0 Å². The third-order valence-corrected chi connectivity index (χ3v) is 5.90. The fourth-order valence-corrected chi connectivity index (χ4v) is 4.13. The number of rotatable bonds is 5. The van der Waals surface area contributed by atoms with E-state index in [0.717, 1.165) is 28.2 Å². The highest BCUT2D eigenvalue weighted by molar-refractivity contribution is 7.86. The molecule has 0 saturated carbocycles. The van der Waals surface area contributed by atoms with Gasteiger partial charge in [0.2, 0.25) is 0 Å². The van der Waals surface area contributed by atoms with E-state index in [-0.39, 0.29) is 5.75 Å². The molecule has 0 spiro atoms. The fourth-order valence-electron chi connectivity index (χ4n) is 3.68. The maximum atomic E-state index is 11.5. The standard InChI is InChI=1S/C22H22N2O6S/c1-22(20(26)23-21(27)24-22)19(25)14-5-3-13(4-6-14)15-7-8-17-12-18(30-31(2,28)29)10-9-16(17)11-15/h3-12,19-20,25-26H,1-2H3,(H2,23,24,27). The van der Waals surface area contributed by atoms with Crippen LogP contribution in [0.5, 0.6) is 5.75 Å². The molecule has 3 aromatic carbocycles. The van der Waals surface area contributed by atoms with Gasteiger partial charge < -0.3 is 25.0 Å². The molecule has 8 nitrogen and oxygen atoms in total. The predicted molar refractivity (Wildman–Crippen MR) is 116 cm³/mol. The van der Waals surface area contributed by atoms with Crippen LogP contribution in [0.15, 0.2) is 60.7 Å². The second-order valence-electron chi connectivity index (χ2n) is 7.82. The van der Waals surface area contributed by atoms with Crippen molar-refractivity contribution in [1.82, 2.24) is 10.6 Å². The molecule has 31 heavy (non-hydrogen) atoms. The average Bonchev–Trinajstić information content (AvgIpc) is 2.98. The van der Waals surface area contributed by atoms with Crippen molar-refractivity contribution in [1.29, 1.82) is 0 Å². The molecule has 4 N–H and O–H groups in total. The van der Waals surface area contributed by atoms with E-state index in [0.29, 0.717) is 5.56 Å². The predicted octanol–water partition coefficient (Wildman–Crippen LogP) is 2.27. The first-order valence-corrected chi connectivity index (χ1v) is 11.4. The van der Waals surface area contributed by atoms with E-state index in [1.165, 1.54) is 0 Å². The lowest BCUT2D eigenvalue weighted by Gasteiger charge is -2.32. The Morgan fingerprint density at radius 2 is 1.61 bits per heavy atom. The normalized spacial score (nSPS) is 22.1. The monoisotopic (exact) mass is 442 g/mol. The zero-order valence-corrected chi connectivity index (χ0v) is 17.7. The molecule has 162 valence electrons. The summed E-state index contributed by atoms with van der Waals surface area (Å²) in [6, 6.07) is 17.5. The Balaban J connectivity index is 1.58. The topological polar surface area (TPSA) is 125 Å². The fraction of sp³-hybridized carbons (Fsp3) is 0.227. The molecule has 0 bridgehead atoms. The quantitative estimate of drug-likeness (QED) is 0.449. The number of hydrogen-bond acceptors (Lipinski definition) is 6. The van der Waals surface area contributed by atoms with Crippen LogP contribution < -0.4 is 14.8 Å².